The number of hydrogen-bond acceptors (Lipinski definition) is 2. The van der Waals surface area contributed by atoms with E-state index in [1.54, 1.807) is 0 Å². The highest BCUT2D eigenvalue weighted by Gasteiger charge is 2.23. The first-order chi connectivity index (χ1) is 7.42. The Labute approximate surface area is 91.1 Å². The van der Waals surface area contributed by atoms with Crippen molar-refractivity contribution in [2.45, 2.75) is 37.8 Å². The minimum absolute atomic E-state index is 0.625. The monoisotopic (exact) mass is 202 g/mol. The van der Waals surface area contributed by atoms with Crippen molar-refractivity contribution in [3.05, 3.63) is 29.8 Å². The Morgan fingerprint density at radius 1 is 1.20 bits per heavy atom. The molecule has 1 aromatic carbocycles. The van der Waals surface area contributed by atoms with Crippen molar-refractivity contribution in [3.8, 4) is 0 Å². The second-order valence-electron chi connectivity index (χ2n) is 4.72. The minimum Gasteiger partial charge on any atom is -0.381 e. The van der Waals surface area contributed by atoms with Gasteiger partial charge < -0.3 is 10.6 Å². The summed E-state index contributed by atoms with van der Waals surface area (Å²) < 4.78 is 0. The third-order valence-electron chi connectivity index (χ3n) is 3.37. The third-order valence-corrected chi connectivity index (χ3v) is 3.37. The Kier molecular flexibility index (Phi) is 2.37. The SMILES string of the molecule is c1ccc2c(c1)CCC(CNC1CC1)N2. The molecule has 0 bridgehead atoms. The number of nitrogens with one attached hydrogen (secondary N) is 2. The van der Waals surface area contributed by atoms with Crippen LogP contribution in [-0.2, 0) is 6.42 Å². The van der Waals surface area contributed by atoms with Crippen LogP contribution in [0, 0.1) is 0 Å². The van der Waals surface area contributed by atoms with E-state index in [2.05, 4.69) is 34.9 Å². The zero-order valence-electron chi connectivity index (χ0n) is 9.00. The van der Waals surface area contributed by atoms with Gasteiger partial charge in [0.25, 0.3) is 0 Å². The first-order valence-electron chi connectivity index (χ1n) is 5.99. The van der Waals surface area contributed by atoms with Crippen LogP contribution in [0.1, 0.15) is 24.8 Å². The van der Waals surface area contributed by atoms with Gasteiger partial charge in [-0.1, -0.05) is 18.2 Å². The lowest BCUT2D eigenvalue weighted by Gasteiger charge is -2.27. The molecule has 1 unspecified atom stereocenters. The highest BCUT2D eigenvalue weighted by atomic mass is 15.0. The fraction of sp³-hybridized carbons (Fsp3) is 0.538. The average Bonchev–Trinajstić information content (AvgIpc) is 3.10. The zero-order valence-corrected chi connectivity index (χ0v) is 9.00. The Balaban J connectivity index is 1.61. The Hall–Kier alpha value is -1.02. The number of para-hydroxylation sites is 1. The third kappa shape index (κ3) is 2.15. The van der Waals surface area contributed by atoms with Crippen LogP contribution in [0.2, 0.25) is 0 Å². The largest absolute Gasteiger partial charge is 0.381 e. The summed E-state index contributed by atoms with van der Waals surface area (Å²) in [6.45, 7) is 1.12. The lowest BCUT2D eigenvalue weighted by molar-refractivity contribution is 0.557. The van der Waals surface area contributed by atoms with E-state index in [4.69, 9.17) is 0 Å². The predicted molar refractivity (Wildman–Crippen MR) is 63.2 cm³/mol. The number of aryl methyl sites for hydroxylation is 1. The van der Waals surface area contributed by atoms with E-state index in [-0.39, 0.29) is 0 Å². The second kappa shape index (κ2) is 3.86. The summed E-state index contributed by atoms with van der Waals surface area (Å²) in [6.07, 6.45) is 5.24. The summed E-state index contributed by atoms with van der Waals surface area (Å²) in [6, 6.07) is 10.1. The summed E-state index contributed by atoms with van der Waals surface area (Å²) in [5.74, 6) is 0. The van der Waals surface area contributed by atoms with E-state index in [0.29, 0.717) is 6.04 Å². The smallest absolute Gasteiger partial charge is 0.0389 e. The fourth-order valence-electron chi connectivity index (χ4n) is 2.25. The number of fused-ring (bicyclic) bond motifs is 1. The molecule has 3 rings (SSSR count). The molecule has 1 fully saturated rings. The molecular formula is C13H18N2. The molecule has 1 heterocycles. The van der Waals surface area contributed by atoms with Crippen molar-refractivity contribution < 1.29 is 0 Å². The van der Waals surface area contributed by atoms with E-state index < -0.39 is 0 Å². The van der Waals surface area contributed by atoms with Crippen molar-refractivity contribution in [1.29, 1.82) is 0 Å². The van der Waals surface area contributed by atoms with Gasteiger partial charge in [0.1, 0.15) is 0 Å². The minimum atomic E-state index is 0.625. The number of benzene rings is 1. The standard InChI is InChI=1S/C13H18N2/c1-2-4-13-10(3-1)5-6-12(15-13)9-14-11-7-8-11/h1-4,11-12,14-15H,5-9H2. The normalized spacial score (nSPS) is 24.4. The summed E-state index contributed by atoms with van der Waals surface area (Å²) in [7, 11) is 0. The molecule has 2 N–H and O–H groups in total. The molecule has 1 aliphatic heterocycles. The van der Waals surface area contributed by atoms with E-state index in [0.717, 1.165) is 12.6 Å². The molecule has 0 spiro atoms. The molecular weight excluding hydrogens is 184 g/mol. The summed E-state index contributed by atoms with van der Waals surface area (Å²) in [5, 5.41) is 7.21. The van der Waals surface area contributed by atoms with Crippen molar-refractivity contribution in [2.75, 3.05) is 11.9 Å². The van der Waals surface area contributed by atoms with Crippen LogP contribution < -0.4 is 10.6 Å². The first kappa shape index (κ1) is 9.22. The molecule has 15 heavy (non-hydrogen) atoms. The fourth-order valence-corrected chi connectivity index (χ4v) is 2.25. The molecule has 0 aromatic heterocycles. The highest BCUT2D eigenvalue weighted by molar-refractivity contribution is 5.53. The van der Waals surface area contributed by atoms with Gasteiger partial charge >= 0.3 is 0 Å². The maximum absolute atomic E-state index is 3.62. The lowest BCUT2D eigenvalue weighted by atomic mass is 9.98. The van der Waals surface area contributed by atoms with Gasteiger partial charge in [-0.05, 0) is 37.3 Å². The van der Waals surface area contributed by atoms with Gasteiger partial charge in [-0.25, -0.2) is 0 Å². The topological polar surface area (TPSA) is 24.1 Å². The van der Waals surface area contributed by atoms with Crippen LogP contribution in [0.4, 0.5) is 5.69 Å². The van der Waals surface area contributed by atoms with Crippen molar-refractivity contribution in [1.82, 2.24) is 5.32 Å². The van der Waals surface area contributed by atoms with Crippen LogP contribution in [0.15, 0.2) is 24.3 Å². The maximum atomic E-state index is 3.62. The molecule has 2 aliphatic rings. The van der Waals surface area contributed by atoms with E-state index in [1.165, 1.54) is 36.9 Å². The van der Waals surface area contributed by atoms with Gasteiger partial charge in [-0.2, -0.15) is 0 Å². The molecule has 1 aromatic rings. The molecule has 0 amide bonds. The van der Waals surface area contributed by atoms with Crippen molar-refractivity contribution >= 4 is 5.69 Å². The second-order valence-corrected chi connectivity index (χ2v) is 4.72. The quantitative estimate of drug-likeness (QED) is 0.785. The van der Waals surface area contributed by atoms with Gasteiger partial charge in [-0.15, -0.1) is 0 Å². The van der Waals surface area contributed by atoms with Crippen molar-refractivity contribution in [3.63, 3.8) is 0 Å². The molecule has 0 saturated heterocycles. The molecule has 1 atom stereocenters. The highest BCUT2D eigenvalue weighted by Crippen LogP contribution is 2.25. The van der Waals surface area contributed by atoms with Crippen LogP contribution in [0.25, 0.3) is 0 Å². The van der Waals surface area contributed by atoms with E-state index in [1.807, 2.05) is 0 Å². The predicted octanol–water partition coefficient (Wildman–Crippen LogP) is 2.17. The molecule has 0 radical (unpaired) electrons. The van der Waals surface area contributed by atoms with Crippen LogP contribution in [0.5, 0.6) is 0 Å². The summed E-state index contributed by atoms with van der Waals surface area (Å²) in [4.78, 5) is 0. The first-order valence-corrected chi connectivity index (χ1v) is 5.99. The molecule has 80 valence electrons. The maximum Gasteiger partial charge on any atom is 0.0389 e. The van der Waals surface area contributed by atoms with Gasteiger partial charge in [0.05, 0.1) is 0 Å². The Morgan fingerprint density at radius 3 is 2.93 bits per heavy atom. The number of rotatable bonds is 3. The summed E-state index contributed by atoms with van der Waals surface area (Å²) >= 11 is 0. The lowest BCUT2D eigenvalue weighted by Crippen LogP contribution is -2.36. The zero-order chi connectivity index (χ0) is 10.1. The van der Waals surface area contributed by atoms with Gasteiger partial charge in [0, 0.05) is 24.3 Å². The van der Waals surface area contributed by atoms with E-state index in [9.17, 15) is 0 Å². The Morgan fingerprint density at radius 2 is 2.07 bits per heavy atom. The molecule has 1 saturated carbocycles. The van der Waals surface area contributed by atoms with Gasteiger partial charge in [-0.3, -0.25) is 0 Å². The molecule has 2 nitrogen and oxygen atoms in total. The molecule has 2 heteroatoms. The van der Waals surface area contributed by atoms with Crippen molar-refractivity contribution in [2.24, 2.45) is 0 Å². The molecule has 1 aliphatic carbocycles. The van der Waals surface area contributed by atoms with Crippen LogP contribution in [0.3, 0.4) is 0 Å². The Bertz CT molecular complexity index is 344. The number of anilines is 1. The van der Waals surface area contributed by atoms with Crippen LogP contribution in [-0.4, -0.2) is 18.6 Å². The number of hydrogen-bond donors (Lipinski definition) is 2. The van der Waals surface area contributed by atoms with Crippen LogP contribution >= 0.6 is 0 Å². The van der Waals surface area contributed by atoms with Gasteiger partial charge in [0.2, 0.25) is 0 Å². The summed E-state index contributed by atoms with van der Waals surface area (Å²) in [5.41, 5.74) is 2.81. The van der Waals surface area contributed by atoms with Gasteiger partial charge in [0.15, 0.2) is 0 Å². The average molecular weight is 202 g/mol. The van der Waals surface area contributed by atoms with E-state index >= 15 is 0 Å².